The van der Waals surface area contributed by atoms with E-state index in [0.717, 1.165) is 11.1 Å². The van der Waals surface area contributed by atoms with Crippen molar-refractivity contribution in [2.45, 2.75) is 10.7 Å². The van der Waals surface area contributed by atoms with Crippen molar-refractivity contribution in [1.82, 2.24) is 0 Å². The molecule has 0 aliphatic rings. The maximum atomic E-state index is 12.2. The lowest BCUT2D eigenvalue weighted by Gasteiger charge is -2.05. The smallest absolute Gasteiger partial charge is 0.288 e. The molecule has 2 aromatic carbocycles. The summed E-state index contributed by atoms with van der Waals surface area (Å²) in [6, 6.07) is 11.8. The van der Waals surface area contributed by atoms with Crippen LogP contribution in [0.2, 0.25) is 5.02 Å². The molecule has 98 valence electrons. The highest BCUT2D eigenvalue weighted by Crippen LogP contribution is 2.29. The third kappa shape index (κ3) is 3.55. The Morgan fingerprint density at radius 3 is 2.21 bits per heavy atom. The molecule has 0 saturated heterocycles. The molecule has 0 aliphatic carbocycles. The number of alkyl halides is 2. The molecule has 0 fully saturated rings. The summed E-state index contributed by atoms with van der Waals surface area (Å²) in [5.41, 5.74) is 2.12. The number of rotatable bonds is 4. The van der Waals surface area contributed by atoms with Crippen LogP contribution in [0.25, 0.3) is 11.1 Å². The number of aldehydes is 1. The maximum absolute atomic E-state index is 12.2. The Bertz CT molecular complexity index is 584. The first-order valence-electron chi connectivity index (χ1n) is 5.40. The maximum Gasteiger partial charge on any atom is 0.288 e. The van der Waals surface area contributed by atoms with Crippen molar-refractivity contribution in [3.8, 4) is 11.1 Å². The van der Waals surface area contributed by atoms with Crippen LogP contribution in [0.15, 0.2) is 47.4 Å². The van der Waals surface area contributed by atoms with Gasteiger partial charge in [0.25, 0.3) is 5.76 Å². The molecule has 0 amide bonds. The Labute approximate surface area is 118 Å². The molecule has 0 bridgehead atoms. The Balaban J connectivity index is 2.27. The minimum Gasteiger partial charge on any atom is -0.298 e. The summed E-state index contributed by atoms with van der Waals surface area (Å²) in [7, 11) is 0. The number of carbonyl (C=O) groups excluding carboxylic acids is 1. The molecule has 0 saturated carbocycles. The monoisotopic (exact) mass is 298 g/mol. The van der Waals surface area contributed by atoms with E-state index in [4.69, 9.17) is 11.6 Å². The zero-order valence-corrected chi connectivity index (χ0v) is 11.2. The van der Waals surface area contributed by atoms with Gasteiger partial charge in [0.2, 0.25) is 0 Å². The van der Waals surface area contributed by atoms with E-state index in [1.54, 1.807) is 42.5 Å². The van der Waals surface area contributed by atoms with Crippen molar-refractivity contribution in [3.63, 3.8) is 0 Å². The summed E-state index contributed by atoms with van der Waals surface area (Å²) in [5, 5.41) is 0.374. The molecule has 0 unspecified atom stereocenters. The van der Waals surface area contributed by atoms with Crippen molar-refractivity contribution in [2.24, 2.45) is 0 Å². The minimum absolute atomic E-state index is 0.374. The Morgan fingerprint density at radius 2 is 1.68 bits per heavy atom. The summed E-state index contributed by atoms with van der Waals surface area (Å²) in [6.07, 6.45) is 0.689. The van der Waals surface area contributed by atoms with Crippen LogP contribution in [0.4, 0.5) is 8.78 Å². The number of carbonyl (C=O) groups is 1. The van der Waals surface area contributed by atoms with E-state index in [2.05, 4.69) is 0 Å². The predicted octanol–water partition coefficient (Wildman–Crippen LogP) is 5.13. The quantitative estimate of drug-likeness (QED) is 0.574. The highest BCUT2D eigenvalue weighted by atomic mass is 35.5. The molecule has 2 aromatic rings. The molecule has 19 heavy (non-hydrogen) atoms. The van der Waals surface area contributed by atoms with E-state index in [1.165, 1.54) is 0 Å². The highest BCUT2D eigenvalue weighted by molar-refractivity contribution is 7.99. The van der Waals surface area contributed by atoms with Crippen molar-refractivity contribution in [1.29, 1.82) is 0 Å². The van der Waals surface area contributed by atoms with Gasteiger partial charge in [-0.15, -0.1) is 0 Å². The van der Waals surface area contributed by atoms with Crippen LogP contribution in [-0.2, 0) is 0 Å². The zero-order chi connectivity index (χ0) is 13.8. The number of hydrogen-bond donors (Lipinski definition) is 0. The van der Waals surface area contributed by atoms with Gasteiger partial charge in [0.1, 0.15) is 0 Å². The highest BCUT2D eigenvalue weighted by Gasteiger charge is 2.06. The van der Waals surface area contributed by atoms with Gasteiger partial charge in [0.15, 0.2) is 6.29 Å². The van der Waals surface area contributed by atoms with Gasteiger partial charge in [0.05, 0.1) is 5.02 Å². The zero-order valence-electron chi connectivity index (χ0n) is 9.65. The van der Waals surface area contributed by atoms with Crippen LogP contribution in [0.1, 0.15) is 10.4 Å². The van der Waals surface area contributed by atoms with Crippen LogP contribution in [0.5, 0.6) is 0 Å². The molecular formula is C14H9ClF2OS. The van der Waals surface area contributed by atoms with Crippen molar-refractivity contribution in [2.75, 3.05) is 0 Å². The molecule has 0 aromatic heterocycles. The number of thioether (sulfide) groups is 1. The first kappa shape index (κ1) is 14.0. The lowest BCUT2D eigenvalue weighted by atomic mass is 10.0. The first-order chi connectivity index (χ1) is 9.10. The first-order valence-corrected chi connectivity index (χ1v) is 6.66. The normalized spacial score (nSPS) is 10.7. The molecule has 0 aliphatic heterocycles. The van der Waals surface area contributed by atoms with E-state index in [0.29, 0.717) is 33.5 Å². The van der Waals surface area contributed by atoms with Crippen LogP contribution in [-0.4, -0.2) is 12.0 Å². The van der Waals surface area contributed by atoms with Gasteiger partial charge in [-0.1, -0.05) is 41.6 Å². The second kappa shape index (κ2) is 6.17. The Hall–Kier alpha value is -1.39. The molecule has 1 nitrogen and oxygen atoms in total. The average Bonchev–Trinajstić information content (AvgIpc) is 2.39. The molecule has 0 atom stereocenters. The SMILES string of the molecule is O=Cc1ccc(-c2ccc(SC(F)F)cc2)cc1Cl. The van der Waals surface area contributed by atoms with Crippen LogP contribution < -0.4 is 0 Å². The molecule has 0 radical (unpaired) electrons. The molecule has 0 heterocycles. The van der Waals surface area contributed by atoms with Gasteiger partial charge < -0.3 is 0 Å². The summed E-state index contributed by atoms with van der Waals surface area (Å²) in [6.45, 7) is 0. The molecule has 0 spiro atoms. The molecular weight excluding hydrogens is 290 g/mol. The van der Waals surface area contributed by atoms with Crippen molar-refractivity contribution in [3.05, 3.63) is 53.1 Å². The fourth-order valence-corrected chi connectivity index (χ4v) is 2.36. The van der Waals surface area contributed by atoms with Crippen LogP contribution in [0.3, 0.4) is 0 Å². The van der Waals surface area contributed by atoms with E-state index in [-0.39, 0.29) is 0 Å². The largest absolute Gasteiger partial charge is 0.298 e. The van der Waals surface area contributed by atoms with Crippen LogP contribution in [0, 0.1) is 0 Å². The van der Waals surface area contributed by atoms with Gasteiger partial charge in [-0.05, 0) is 35.4 Å². The minimum atomic E-state index is -2.42. The molecule has 5 heteroatoms. The summed E-state index contributed by atoms with van der Waals surface area (Å²) >= 11 is 6.45. The number of benzene rings is 2. The van der Waals surface area contributed by atoms with Crippen molar-refractivity contribution < 1.29 is 13.6 Å². The van der Waals surface area contributed by atoms with E-state index < -0.39 is 5.76 Å². The summed E-state index contributed by atoms with van der Waals surface area (Å²) in [5.74, 6) is -2.42. The van der Waals surface area contributed by atoms with Gasteiger partial charge in [-0.2, -0.15) is 8.78 Å². The fraction of sp³-hybridized carbons (Fsp3) is 0.0714. The summed E-state index contributed by atoms with van der Waals surface area (Å²) in [4.78, 5) is 11.2. The van der Waals surface area contributed by atoms with E-state index in [9.17, 15) is 13.6 Å². The second-order valence-electron chi connectivity index (χ2n) is 3.76. The second-order valence-corrected chi connectivity index (χ2v) is 5.23. The van der Waals surface area contributed by atoms with Gasteiger partial charge in [0, 0.05) is 10.5 Å². The lowest BCUT2D eigenvalue weighted by molar-refractivity contribution is 0.112. The molecule has 0 N–H and O–H groups in total. The van der Waals surface area contributed by atoms with Crippen LogP contribution >= 0.6 is 23.4 Å². The third-order valence-corrected chi connectivity index (χ3v) is 3.59. The van der Waals surface area contributed by atoms with E-state index in [1.807, 2.05) is 0 Å². The van der Waals surface area contributed by atoms with Crippen molar-refractivity contribution >= 4 is 29.6 Å². The fourth-order valence-electron chi connectivity index (χ4n) is 1.63. The Morgan fingerprint density at radius 1 is 1.05 bits per heavy atom. The molecule has 2 rings (SSSR count). The standard InChI is InChI=1S/C14H9ClF2OS/c15-13-7-10(1-2-11(13)8-18)9-3-5-12(6-4-9)19-14(16)17/h1-8,14H. The predicted molar refractivity (Wildman–Crippen MR) is 74.1 cm³/mol. The average molecular weight is 299 g/mol. The lowest BCUT2D eigenvalue weighted by Crippen LogP contribution is -1.85. The number of hydrogen-bond acceptors (Lipinski definition) is 2. The third-order valence-electron chi connectivity index (χ3n) is 2.54. The van der Waals surface area contributed by atoms with E-state index >= 15 is 0 Å². The topological polar surface area (TPSA) is 17.1 Å². The number of halogens is 3. The van der Waals surface area contributed by atoms with Gasteiger partial charge >= 0.3 is 0 Å². The Kier molecular flexibility index (Phi) is 4.56. The van der Waals surface area contributed by atoms with Gasteiger partial charge in [-0.25, -0.2) is 0 Å². The summed E-state index contributed by atoms with van der Waals surface area (Å²) < 4.78 is 24.4. The van der Waals surface area contributed by atoms with Gasteiger partial charge in [-0.3, -0.25) is 4.79 Å².